The Labute approximate surface area is 113 Å². The number of hydrogen-bond acceptors (Lipinski definition) is 3. The van der Waals surface area contributed by atoms with E-state index in [-0.39, 0.29) is 0 Å². The lowest BCUT2D eigenvalue weighted by atomic mass is 10.1. The molecule has 2 unspecified atom stereocenters. The Morgan fingerprint density at radius 3 is 2.83 bits per heavy atom. The van der Waals surface area contributed by atoms with Crippen LogP contribution in [0.25, 0.3) is 0 Å². The van der Waals surface area contributed by atoms with Gasteiger partial charge >= 0.3 is 0 Å². The molecule has 0 radical (unpaired) electrons. The number of rotatable bonds is 3. The van der Waals surface area contributed by atoms with Crippen LogP contribution in [0.15, 0.2) is 18.2 Å². The molecular weight excluding hydrogens is 244 g/mol. The summed E-state index contributed by atoms with van der Waals surface area (Å²) in [6.45, 7) is 1.13. The molecule has 1 aromatic carbocycles. The van der Waals surface area contributed by atoms with Crippen LogP contribution in [-0.2, 0) is 0 Å². The number of anilines is 1. The predicted octanol–water partition coefficient (Wildman–Crippen LogP) is 2.32. The van der Waals surface area contributed by atoms with Crippen LogP contribution >= 0.6 is 12.2 Å². The SMILES string of the molecule is COc1ccc(C(N)=S)c(N2CC3CCC2C3)c1. The van der Waals surface area contributed by atoms with Gasteiger partial charge in [-0.3, -0.25) is 0 Å². The molecule has 1 aliphatic heterocycles. The van der Waals surface area contributed by atoms with E-state index in [9.17, 15) is 0 Å². The molecule has 3 rings (SSSR count). The number of nitrogens with zero attached hydrogens (tertiary/aromatic N) is 1. The molecule has 0 spiro atoms. The largest absolute Gasteiger partial charge is 0.497 e. The van der Waals surface area contributed by atoms with Crippen molar-refractivity contribution in [1.29, 1.82) is 0 Å². The highest BCUT2D eigenvalue weighted by Gasteiger charge is 2.38. The molecule has 1 aromatic rings. The van der Waals surface area contributed by atoms with Gasteiger partial charge in [-0.1, -0.05) is 12.2 Å². The second-order valence-corrected chi connectivity index (χ2v) is 5.67. The summed E-state index contributed by atoms with van der Waals surface area (Å²) < 4.78 is 5.32. The summed E-state index contributed by atoms with van der Waals surface area (Å²) in [7, 11) is 1.69. The maximum absolute atomic E-state index is 5.84. The lowest BCUT2D eigenvalue weighted by Crippen LogP contribution is -2.33. The molecule has 1 saturated heterocycles. The first-order chi connectivity index (χ1) is 8.69. The van der Waals surface area contributed by atoms with Gasteiger partial charge in [0.05, 0.1) is 12.8 Å². The summed E-state index contributed by atoms with van der Waals surface area (Å²) >= 11 is 5.16. The lowest BCUT2D eigenvalue weighted by molar-refractivity contribution is 0.414. The first kappa shape index (κ1) is 11.8. The second kappa shape index (κ2) is 4.43. The van der Waals surface area contributed by atoms with E-state index >= 15 is 0 Å². The Morgan fingerprint density at radius 1 is 1.44 bits per heavy atom. The van der Waals surface area contributed by atoms with Gasteiger partial charge in [-0.25, -0.2) is 0 Å². The average molecular weight is 262 g/mol. The molecule has 3 nitrogen and oxygen atoms in total. The molecule has 0 aromatic heterocycles. The van der Waals surface area contributed by atoms with Gasteiger partial charge in [-0.15, -0.1) is 0 Å². The third kappa shape index (κ3) is 1.85. The van der Waals surface area contributed by atoms with E-state index in [2.05, 4.69) is 11.0 Å². The van der Waals surface area contributed by atoms with Crippen molar-refractivity contribution in [2.75, 3.05) is 18.6 Å². The smallest absolute Gasteiger partial charge is 0.120 e. The number of benzene rings is 1. The molecule has 4 heteroatoms. The third-order valence-electron chi connectivity index (χ3n) is 4.19. The number of ether oxygens (including phenoxy) is 1. The maximum Gasteiger partial charge on any atom is 0.120 e. The Kier molecular flexibility index (Phi) is 2.90. The average Bonchev–Trinajstić information content (AvgIpc) is 3.00. The third-order valence-corrected chi connectivity index (χ3v) is 4.41. The fourth-order valence-corrected chi connectivity index (χ4v) is 3.48. The van der Waals surface area contributed by atoms with Gasteiger partial charge < -0.3 is 15.4 Å². The Morgan fingerprint density at radius 2 is 2.28 bits per heavy atom. The highest BCUT2D eigenvalue weighted by molar-refractivity contribution is 7.80. The van der Waals surface area contributed by atoms with E-state index in [0.717, 1.165) is 29.5 Å². The Balaban J connectivity index is 2.00. The van der Waals surface area contributed by atoms with E-state index in [4.69, 9.17) is 22.7 Å². The van der Waals surface area contributed by atoms with Crippen molar-refractivity contribution in [3.05, 3.63) is 23.8 Å². The summed E-state index contributed by atoms with van der Waals surface area (Å²) in [5, 5.41) is 0. The van der Waals surface area contributed by atoms with Crippen molar-refractivity contribution in [3.63, 3.8) is 0 Å². The number of nitrogens with two attached hydrogens (primary N) is 1. The maximum atomic E-state index is 5.84. The fraction of sp³-hybridized carbons (Fsp3) is 0.500. The van der Waals surface area contributed by atoms with Crippen molar-refractivity contribution in [2.24, 2.45) is 11.7 Å². The van der Waals surface area contributed by atoms with Gasteiger partial charge in [0, 0.05) is 24.2 Å². The standard InChI is InChI=1S/C14H18N2OS/c1-17-11-4-5-12(14(15)18)13(7-11)16-8-9-2-3-10(16)6-9/h4-5,7,9-10H,2-3,6,8H2,1H3,(H2,15,18). The van der Waals surface area contributed by atoms with Crippen molar-refractivity contribution in [3.8, 4) is 5.75 Å². The Bertz CT molecular complexity index is 489. The van der Waals surface area contributed by atoms with E-state index < -0.39 is 0 Å². The number of fused-ring (bicyclic) bond motifs is 2. The van der Waals surface area contributed by atoms with Crippen molar-refractivity contribution in [1.82, 2.24) is 0 Å². The fourth-order valence-electron chi connectivity index (χ4n) is 3.30. The van der Waals surface area contributed by atoms with E-state index in [1.165, 1.54) is 19.3 Å². The van der Waals surface area contributed by atoms with Gasteiger partial charge in [-0.2, -0.15) is 0 Å². The molecular formula is C14H18N2OS. The lowest BCUT2D eigenvalue weighted by Gasteiger charge is -2.31. The molecule has 2 bridgehead atoms. The van der Waals surface area contributed by atoms with Crippen LogP contribution in [0.3, 0.4) is 0 Å². The molecule has 2 aliphatic rings. The molecule has 2 N–H and O–H groups in total. The zero-order valence-corrected chi connectivity index (χ0v) is 11.4. The van der Waals surface area contributed by atoms with Crippen LogP contribution in [0.4, 0.5) is 5.69 Å². The van der Waals surface area contributed by atoms with Crippen LogP contribution in [0.2, 0.25) is 0 Å². The number of thiocarbonyl (C=S) groups is 1. The van der Waals surface area contributed by atoms with Crippen LogP contribution < -0.4 is 15.4 Å². The minimum absolute atomic E-state index is 0.468. The second-order valence-electron chi connectivity index (χ2n) is 5.23. The molecule has 18 heavy (non-hydrogen) atoms. The molecule has 1 saturated carbocycles. The minimum Gasteiger partial charge on any atom is -0.497 e. The number of hydrogen-bond donors (Lipinski definition) is 1. The Hall–Kier alpha value is -1.29. The van der Waals surface area contributed by atoms with Gasteiger partial charge in [-0.05, 0) is 37.3 Å². The summed E-state index contributed by atoms with van der Waals surface area (Å²) in [4.78, 5) is 2.93. The molecule has 0 amide bonds. The summed E-state index contributed by atoms with van der Waals surface area (Å²) in [6, 6.07) is 6.62. The van der Waals surface area contributed by atoms with Crippen LogP contribution in [0.1, 0.15) is 24.8 Å². The molecule has 96 valence electrons. The van der Waals surface area contributed by atoms with Crippen molar-refractivity contribution >= 4 is 22.9 Å². The first-order valence-corrected chi connectivity index (χ1v) is 6.84. The monoisotopic (exact) mass is 262 g/mol. The quantitative estimate of drug-likeness (QED) is 0.849. The van der Waals surface area contributed by atoms with Crippen molar-refractivity contribution < 1.29 is 4.74 Å². The number of methoxy groups -OCH3 is 1. The normalized spacial score (nSPS) is 25.5. The van der Waals surface area contributed by atoms with Crippen LogP contribution in [-0.4, -0.2) is 24.7 Å². The predicted molar refractivity (Wildman–Crippen MR) is 77.4 cm³/mol. The number of piperidine rings is 1. The summed E-state index contributed by atoms with van der Waals surface area (Å²) in [5.74, 6) is 1.72. The topological polar surface area (TPSA) is 38.5 Å². The zero-order chi connectivity index (χ0) is 12.7. The summed E-state index contributed by atoms with van der Waals surface area (Å²) in [5.41, 5.74) is 7.95. The van der Waals surface area contributed by atoms with E-state index in [1.807, 2.05) is 12.1 Å². The first-order valence-electron chi connectivity index (χ1n) is 6.43. The molecule has 1 aliphatic carbocycles. The van der Waals surface area contributed by atoms with Crippen molar-refractivity contribution in [2.45, 2.75) is 25.3 Å². The van der Waals surface area contributed by atoms with Gasteiger partial charge in [0.15, 0.2) is 0 Å². The minimum atomic E-state index is 0.468. The van der Waals surface area contributed by atoms with Crippen LogP contribution in [0.5, 0.6) is 5.75 Å². The zero-order valence-electron chi connectivity index (χ0n) is 10.6. The molecule has 2 atom stereocenters. The van der Waals surface area contributed by atoms with E-state index in [1.54, 1.807) is 7.11 Å². The van der Waals surface area contributed by atoms with Gasteiger partial charge in [0.1, 0.15) is 10.7 Å². The van der Waals surface area contributed by atoms with Gasteiger partial charge in [0.25, 0.3) is 0 Å². The highest BCUT2D eigenvalue weighted by atomic mass is 32.1. The molecule has 2 fully saturated rings. The van der Waals surface area contributed by atoms with Crippen LogP contribution in [0, 0.1) is 5.92 Å². The van der Waals surface area contributed by atoms with Gasteiger partial charge in [0.2, 0.25) is 0 Å². The molecule has 1 heterocycles. The van der Waals surface area contributed by atoms with E-state index in [0.29, 0.717) is 11.0 Å². The summed E-state index contributed by atoms with van der Waals surface area (Å²) in [6.07, 6.45) is 3.97. The highest BCUT2D eigenvalue weighted by Crippen LogP contribution is 2.42.